The molecule has 0 aliphatic carbocycles. The van der Waals surface area contributed by atoms with E-state index < -0.39 is 17.4 Å². The third kappa shape index (κ3) is 3.32. The fourth-order valence-electron chi connectivity index (χ4n) is 1.95. The molecule has 0 saturated carbocycles. The smallest absolute Gasteiger partial charge is 0.293 e. The van der Waals surface area contributed by atoms with E-state index in [0.717, 1.165) is 0 Å². The molecule has 0 spiro atoms. The lowest BCUT2D eigenvalue weighted by Gasteiger charge is -2.10. The number of nitrogens with zero attached hydrogens (tertiary/aromatic N) is 1. The maximum atomic E-state index is 12.0. The third-order valence-electron chi connectivity index (χ3n) is 2.99. The summed E-state index contributed by atoms with van der Waals surface area (Å²) in [4.78, 5) is 35.3. The van der Waals surface area contributed by atoms with Crippen molar-refractivity contribution in [2.24, 2.45) is 5.73 Å². The summed E-state index contributed by atoms with van der Waals surface area (Å²) < 4.78 is 6.12. The van der Waals surface area contributed by atoms with E-state index in [9.17, 15) is 14.4 Å². The molecule has 114 valence electrons. The van der Waals surface area contributed by atoms with Gasteiger partial charge in [0.2, 0.25) is 5.91 Å². The van der Waals surface area contributed by atoms with Crippen molar-refractivity contribution >= 4 is 17.5 Å². The average Bonchev–Trinajstić information content (AvgIpc) is 2.49. The number of carbonyl (C=O) groups is 2. The van der Waals surface area contributed by atoms with E-state index in [0.29, 0.717) is 5.69 Å². The summed E-state index contributed by atoms with van der Waals surface area (Å²) >= 11 is 0. The quantitative estimate of drug-likeness (QED) is 0.843. The number of aromatic nitrogens is 1. The van der Waals surface area contributed by atoms with Gasteiger partial charge in [0.05, 0.1) is 18.4 Å². The highest BCUT2D eigenvalue weighted by Crippen LogP contribution is 2.14. The fourth-order valence-corrected chi connectivity index (χ4v) is 1.95. The number of hydrogen-bond donors (Lipinski definition) is 2. The van der Waals surface area contributed by atoms with Crippen molar-refractivity contribution in [3.05, 3.63) is 58.5 Å². The van der Waals surface area contributed by atoms with Crippen molar-refractivity contribution < 1.29 is 14.3 Å². The number of methoxy groups -OCH3 is 1. The summed E-state index contributed by atoms with van der Waals surface area (Å²) in [6.45, 7) is -0.205. The number of benzene rings is 1. The molecule has 1 heterocycles. The van der Waals surface area contributed by atoms with Crippen molar-refractivity contribution in [3.63, 3.8) is 0 Å². The van der Waals surface area contributed by atoms with Gasteiger partial charge in [-0.05, 0) is 24.3 Å². The molecule has 2 amide bonds. The molecule has 2 aromatic rings. The Labute approximate surface area is 126 Å². The van der Waals surface area contributed by atoms with Crippen LogP contribution in [0.2, 0.25) is 0 Å². The Morgan fingerprint density at radius 3 is 2.64 bits per heavy atom. The third-order valence-corrected chi connectivity index (χ3v) is 2.99. The van der Waals surface area contributed by atoms with E-state index in [-0.39, 0.29) is 17.9 Å². The number of hydrogen-bond acceptors (Lipinski definition) is 4. The van der Waals surface area contributed by atoms with Crippen LogP contribution in [0.25, 0.3) is 0 Å². The van der Waals surface area contributed by atoms with Crippen molar-refractivity contribution in [3.8, 4) is 5.75 Å². The topological polar surface area (TPSA) is 103 Å². The highest BCUT2D eigenvalue weighted by molar-refractivity contribution is 6.02. The second-order valence-electron chi connectivity index (χ2n) is 4.47. The fraction of sp³-hybridized carbons (Fsp3) is 0.133. The molecule has 0 unspecified atom stereocenters. The summed E-state index contributed by atoms with van der Waals surface area (Å²) in [5.74, 6) is -0.952. The van der Waals surface area contributed by atoms with Crippen LogP contribution in [0, 0.1) is 0 Å². The van der Waals surface area contributed by atoms with E-state index in [1.807, 2.05) is 0 Å². The molecule has 0 saturated heterocycles. The second kappa shape index (κ2) is 6.57. The van der Waals surface area contributed by atoms with Gasteiger partial charge in [0.1, 0.15) is 6.54 Å². The Morgan fingerprint density at radius 1 is 1.23 bits per heavy atom. The zero-order valence-electron chi connectivity index (χ0n) is 11.9. The predicted octanol–water partition coefficient (Wildman–Crippen LogP) is 0.595. The number of anilines is 1. The average molecular weight is 301 g/mol. The van der Waals surface area contributed by atoms with Crippen LogP contribution in [0.4, 0.5) is 5.69 Å². The molecule has 2 rings (SSSR count). The van der Waals surface area contributed by atoms with Crippen LogP contribution in [0.5, 0.6) is 5.75 Å². The number of ether oxygens (including phenoxy) is 1. The van der Waals surface area contributed by atoms with Crippen LogP contribution in [-0.4, -0.2) is 23.5 Å². The van der Waals surface area contributed by atoms with Gasteiger partial charge in [0.15, 0.2) is 5.75 Å². The first-order valence-corrected chi connectivity index (χ1v) is 6.45. The summed E-state index contributed by atoms with van der Waals surface area (Å²) in [7, 11) is 1.38. The van der Waals surface area contributed by atoms with Crippen LogP contribution >= 0.6 is 0 Å². The maximum Gasteiger partial charge on any atom is 0.293 e. The number of pyridine rings is 1. The first-order valence-electron chi connectivity index (χ1n) is 6.45. The first-order chi connectivity index (χ1) is 10.5. The van der Waals surface area contributed by atoms with Crippen LogP contribution < -0.4 is 21.3 Å². The Morgan fingerprint density at radius 2 is 1.95 bits per heavy atom. The lowest BCUT2D eigenvalue weighted by Crippen LogP contribution is -2.28. The molecule has 1 aromatic heterocycles. The van der Waals surface area contributed by atoms with E-state index in [1.54, 1.807) is 24.3 Å². The van der Waals surface area contributed by atoms with Gasteiger partial charge in [-0.3, -0.25) is 14.4 Å². The SMILES string of the molecule is COc1cccn(CC(=O)Nc2ccccc2C(N)=O)c1=O. The zero-order valence-corrected chi connectivity index (χ0v) is 11.9. The number of rotatable bonds is 5. The molecule has 0 aliphatic rings. The Balaban J connectivity index is 2.18. The number of nitrogens with two attached hydrogens (primary N) is 1. The van der Waals surface area contributed by atoms with Crippen LogP contribution in [-0.2, 0) is 11.3 Å². The van der Waals surface area contributed by atoms with E-state index in [2.05, 4.69) is 5.32 Å². The van der Waals surface area contributed by atoms with Gasteiger partial charge in [0.25, 0.3) is 11.5 Å². The molecule has 7 nitrogen and oxygen atoms in total. The van der Waals surface area contributed by atoms with E-state index >= 15 is 0 Å². The number of carbonyl (C=O) groups excluding carboxylic acids is 2. The normalized spacial score (nSPS) is 10.0. The number of primary amides is 1. The minimum absolute atomic E-state index is 0.146. The Kier molecular flexibility index (Phi) is 4.57. The van der Waals surface area contributed by atoms with Crippen molar-refractivity contribution in [2.45, 2.75) is 6.54 Å². The molecule has 0 atom stereocenters. The molecule has 0 bridgehead atoms. The number of para-hydroxylation sites is 1. The summed E-state index contributed by atoms with van der Waals surface area (Å²) in [5, 5.41) is 2.56. The molecule has 22 heavy (non-hydrogen) atoms. The van der Waals surface area contributed by atoms with Gasteiger partial charge in [-0.1, -0.05) is 12.1 Å². The summed E-state index contributed by atoms with van der Waals surface area (Å²) in [6.07, 6.45) is 1.48. The van der Waals surface area contributed by atoms with Crippen LogP contribution in [0.1, 0.15) is 10.4 Å². The molecule has 0 aliphatic heterocycles. The minimum Gasteiger partial charge on any atom is -0.491 e. The van der Waals surface area contributed by atoms with Gasteiger partial charge in [-0.15, -0.1) is 0 Å². The summed E-state index contributed by atoms with van der Waals surface area (Å²) in [6, 6.07) is 9.49. The van der Waals surface area contributed by atoms with Gasteiger partial charge in [-0.25, -0.2) is 0 Å². The van der Waals surface area contributed by atoms with Crippen molar-refractivity contribution in [1.29, 1.82) is 0 Å². The minimum atomic E-state index is -0.644. The van der Waals surface area contributed by atoms with Gasteiger partial charge >= 0.3 is 0 Å². The summed E-state index contributed by atoms with van der Waals surface area (Å²) in [5.41, 5.74) is 5.33. The van der Waals surface area contributed by atoms with Crippen LogP contribution in [0.3, 0.4) is 0 Å². The van der Waals surface area contributed by atoms with Crippen LogP contribution in [0.15, 0.2) is 47.4 Å². The zero-order chi connectivity index (χ0) is 16.1. The van der Waals surface area contributed by atoms with Crippen molar-refractivity contribution in [1.82, 2.24) is 4.57 Å². The van der Waals surface area contributed by atoms with Gasteiger partial charge in [0, 0.05) is 6.20 Å². The lowest BCUT2D eigenvalue weighted by atomic mass is 10.1. The Bertz CT molecular complexity index is 767. The standard InChI is InChI=1S/C15H15N3O4/c1-22-12-7-4-8-18(15(12)21)9-13(19)17-11-6-3-2-5-10(11)14(16)20/h2-8H,9H2,1H3,(H2,16,20)(H,17,19). The lowest BCUT2D eigenvalue weighted by molar-refractivity contribution is -0.116. The van der Waals surface area contributed by atoms with Crippen molar-refractivity contribution in [2.75, 3.05) is 12.4 Å². The second-order valence-corrected chi connectivity index (χ2v) is 4.47. The number of nitrogens with one attached hydrogen (secondary N) is 1. The monoisotopic (exact) mass is 301 g/mol. The molecule has 1 aromatic carbocycles. The van der Waals surface area contributed by atoms with Gasteiger partial charge in [-0.2, -0.15) is 0 Å². The predicted molar refractivity (Wildman–Crippen MR) is 80.8 cm³/mol. The van der Waals surface area contributed by atoms with E-state index in [4.69, 9.17) is 10.5 Å². The van der Waals surface area contributed by atoms with Gasteiger partial charge < -0.3 is 20.4 Å². The Hall–Kier alpha value is -3.09. The van der Waals surface area contributed by atoms with E-state index in [1.165, 1.54) is 30.0 Å². The first kappa shape index (κ1) is 15.3. The number of amides is 2. The molecular formula is C15H15N3O4. The molecule has 0 radical (unpaired) electrons. The largest absolute Gasteiger partial charge is 0.491 e. The molecule has 3 N–H and O–H groups in total. The highest BCUT2D eigenvalue weighted by Gasteiger charge is 2.12. The molecule has 0 fully saturated rings. The highest BCUT2D eigenvalue weighted by atomic mass is 16.5. The molecule has 7 heteroatoms. The molecular weight excluding hydrogens is 286 g/mol. The maximum absolute atomic E-state index is 12.0.